The third-order valence-corrected chi connectivity index (χ3v) is 3.88. The number of rotatable bonds is 3. The maximum absolute atomic E-state index is 10.8. The Balaban J connectivity index is 1.85. The highest BCUT2D eigenvalue weighted by atomic mass is 16.5. The van der Waals surface area contributed by atoms with Gasteiger partial charge in [0.05, 0.1) is 6.10 Å². The van der Waals surface area contributed by atoms with Crippen LogP contribution in [0.25, 0.3) is 0 Å². The number of hydrogen-bond donors (Lipinski definition) is 1. The Hall–Kier alpha value is -0.610. The molecule has 4 nitrogen and oxygen atoms in total. The van der Waals surface area contributed by atoms with Crippen LogP contribution in [0.4, 0.5) is 0 Å². The first-order valence-electron chi connectivity index (χ1n) is 6.12. The maximum Gasteiger partial charge on any atom is 0.332 e. The molecule has 4 heteroatoms. The minimum absolute atomic E-state index is 0.110. The molecule has 2 aliphatic heterocycles. The fourth-order valence-corrected chi connectivity index (χ4v) is 2.77. The molecular weight excluding hydrogens is 206 g/mol. The maximum atomic E-state index is 10.8. The molecule has 0 amide bonds. The average Bonchev–Trinajstić information content (AvgIpc) is 2.75. The minimum Gasteiger partial charge on any atom is -0.479 e. The lowest BCUT2D eigenvalue weighted by atomic mass is 10.0. The van der Waals surface area contributed by atoms with E-state index in [4.69, 9.17) is 9.84 Å². The quantitative estimate of drug-likeness (QED) is 0.793. The zero-order valence-electron chi connectivity index (χ0n) is 10.1. The topological polar surface area (TPSA) is 49.8 Å². The standard InChI is InChI=1S/C12H21NO3/c1-12(2)6-3-7-13(12)8-9-4-5-10(16-9)11(14)15/h9-10H,3-8H2,1-2H3,(H,14,15). The number of hydrogen-bond acceptors (Lipinski definition) is 3. The van der Waals surface area contributed by atoms with Crippen molar-refractivity contribution < 1.29 is 14.6 Å². The summed E-state index contributed by atoms with van der Waals surface area (Å²) in [6.45, 7) is 6.51. The number of carbonyl (C=O) groups is 1. The van der Waals surface area contributed by atoms with Crippen molar-refractivity contribution in [2.24, 2.45) is 0 Å². The van der Waals surface area contributed by atoms with Gasteiger partial charge in [-0.1, -0.05) is 0 Å². The monoisotopic (exact) mass is 227 g/mol. The molecule has 0 spiro atoms. The van der Waals surface area contributed by atoms with Crippen LogP contribution in [0.1, 0.15) is 39.5 Å². The minimum atomic E-state index is -0.816. The van der Waals surface area contributed by atoms with Gasteiger partial charge in [-0.25, -0.2) is 4.79 Å². The van der Waals surface area contributed by atoms with E-state index >= 15 is 0 Å². The highest BCUT2D eigenvalue weighted by Gasteiger charge is 2.37. The van der Waals surface area contributed by atoms with Gasteiger partial charge in [0.25, 0.3) is 0 Å². The zero-order chi connectivity index (χ0) is 11.8. The Kier molecular flexibility index (Phi) is 3.22. The SMILES string of the molecule is CC1(C)CCCN1CC1CCC(C(=O)O)O1. The van der Waals surface area contributed by atoms with E-state index in [9.17, 15) is 4.79 Å². The summed E-state index contributed by atoms with van der Waals surface area (Å²) in [6, 6.07) is 0. The van der Waals surface area contributed by atoms with Gasteiger partial charge >= 0.3 is 5.97 Å². The van der Waals surface area contributed by atoms with Gasteiger partial charge in [-0.15, -0.1) is 0 Å². The average molecular weight is 227 g/mol. The first-order valence-corrected chi connectivity index (χ1v) is 6.12. The van der Waals surface area contributed by atoms with Crippen molar-refractivity contribution in [3.8, 4) is 0 Å². The van der Waals surface area contributed by atoms with Gasteiger partial charge in [-0.2, -0.15) is 0 Å². The van der Waals surface area contributed by atoms with Gasteiger partial charge in [0.15, 0.2) is 6.10 Å². The van der Waals surface area contributed by atoms with Crippen molar-refractivity contribution >= 4 is 5.97 Å². The molecule has 0 saturated carbocycles. The summed E-state index contributed by atoms with van der Waals surface area (Å²) in [5.74, 6) is -0.816. The Morgan fingerprint density at radius 2 is 2.25 bits per heavy atom. The largest absolute Gasteiger partial charge is 0.479 e. The van der Waals surface area contributed by atoms with E-state index in [1.165, 1.54) is 12.8 Å². The van der Waals surface area contributed by atoms with Gasteiger partial charge in [-0.05, 0) is 46.1 Å². The molecule has 0 aliphatic carbocycles. The normalized spacial score (nSPS) is 34.4. The second kappa shape index (κ2) is 4.34. The molecule has 0 radical (unpaired) electrons. The molecule has 2 fully saturated rings. The Morgan fingerprint density at radius 1 is 1.50 bits per heavy atom. The number of carboxylic acid groups (broad SMARTS) is 1. The van der Waals surface area contributed by atoms with Crippen LogP contribution in [0.5, 0.6) is 0 Å². The van der Waals surface area contributed by atoms with Crippen LogP contribution < -0.4 is 0 Å². The lowest BCUT2D eigenvalue weighted by Crippen LogP contribution is -2.42. The number of carboxylic acids is 1. The van der Waals surface area contributed by atoms with Gasteiger partial charge in [0, 0.05) is 12.1 Å². The van der Waals surface area contributed by atoms with Crippen molar-refractivity contribution in [2.75, 3.05) is 13.1 Å². The molecule has 0 aromatic heterocycles. The van der Waals surface area contributed by atoms with E-state index in [0.29, 0.717) is 6.42 Å². The highest BCUT2D eigenvalue weighted by molar-refractivity contribution is 5.72. The second-order valence-electron chi connectivity index (χ2n) is 5.52. The van der Waals surface area contributed by atoms with Crippen molar-refractivity contribution in [3.63, 3.8) is 0 Å². The summed E-state index contributed by atoms with van der Waals surface area (Å²) in [5.41, 5.74) is 0.255. The van der Waals surface area contributed by atoms with Crippen LogP contribution in [0.15, 0.2) is 0 Å². The van der Waals surface area contributed by atoms with Crippen LogP contribution in [0.2, 0.25) is 0 Å². The van der Waals surface area contributed by atoms with Crippen LogP contribution in [-0.4, -0.2) is 46.8 Å². The summed E-state index contributed by atoms with van der Waals surface area (Å²) in [6.07, 6.45) is 3.54. The van der Waals surface area contributed by atoms with E-state index in [1.54, 1.807) is 0 Å². The van der Waals surface area contributed by atoms with Crippen LogP contribution in [0.3, 0.4) is 0 Å². The molecule has 2 rings (SSSR count). The van der Waals surface area contributed by atoms with Crippen molar-refractivity contribution in [1.29, 1.82) is 0 Å². The first-order chi connectivity index (χ1) is 7.49. The fraction of sp³-hybridized carbons (Fsp3) is 0.917. The van der Waals surface area contributed by atoms with Gasteiger partial charge in [0.1, 0.15) is 0 Å². The molecule has 0 aromatic rings. The molecule has 92 valence electrons. The number of ether oxygens (including phenoxy) is 1. The first kappa shape index (κ1) is 11.9. The molecule has 2 saturated heterocycles. The van der Waals surface area contributed by atoms with E-state index in [2.05, 4.69) is 18.7 Å². The van der Waals surface area contributed by atoms with Crippen LogP contribution in [0, 0.1) is 0 Å². The molecule has 2 unspecified atom stereocenters. The number of nitrogens with zero attached hydrogens (tertiary/aromatic N) is 1. The molecule has 0 bridgehead atoms. The zero-order valence-corrected chi connectivity index (χ0v) is 10.1. The second-order valence-corrected chi connectivity index (χ2v) is 5.52. The van der Waals surface area contributed by atoms with Gasteiger partial charge < -0.3 is 9.84 Å². The molecule has 1 N–H and O–H groups in total. The Bertz CT molecular complexity index is 277. The van der Waals surface area contributed by atoms with Crippen LogP contribution >= 0.6 is 0 Å². The summed E-state index contributed by atoms with van der Waals surface area (Å²) < 4.78 is 5.54. The van der Waals surface area contributed by atoms with Crippen molar-refractivity contribution in [3.05, 3.63) is 0 Å². The van der Waals surface area contributed by atoms with Gasteiger partial charge in [0.2, 0.25) is 0 Å². The lowest BCUT2D eigenvalue weighted by Gasteiger charge is -2.33. The third-order valence-electron chi connectivity index (χ3n) is 3.88. The molecule has 2 atom stereocenters. The summed E-state index contributed by atoms with van der Waals surface area (Å²) in [5, 5.41) is 8.86. The van der Waals surface area contributed by atoms with Crippen LogP contribution in [-0.2, 0) is 9.53 Å². The predicted octanol–water partition coefficient (Wildman–Crippen LogP) is 1.49. The highest BCUT2D eigenvalue weighted by Crippen LogP contribution is 2.30. The number of likely N-dealkylation sites (tertiary alicyclic amines) is 1. The molecule has 2 aliphatic rings. The summed E-state index contributed by atoms with van der Waals surface area (Å²) in [4.78, 5) is 13.2. The summed E-state index contributed by atoms with van der Waals surface area (Å²) in [7, 11) is 0. The molecule has 2 heterocycles. The van der Waals surface area contributed by atoms with E-state index in [1.807, 2.05) is 0 Å². The van der Waals surface area contributed by atoms with Crippen molar-refractivity contribution in [1.82, 2.24) is 4.90 Å². The van der Waals surface area contributed by atoms with E-state index < -0.39 is 12.1 Å². The Labute approximate surface area is 96.6 Å². The van der Waals surface area contributed by atoms with E-state index in [0.717, 1.165) is 19.5 Å². The molecular formula is C12H21NO3. The lowest BCUT2D eigenvalue weighted by molar-refractivity contribution is -0.149. The van der Waals surface area contributed by atoms with Gasteiger partial charge in [-0.3, -0.25) is 4.90 Å². The third kappa shape index (κ3) is 2.38. The fourth-order valence-electron chi connectivity index (χ4n) is 2.77. The molecule has 0 aromatic carbocycles. The van der Waals surface area contributed by atoms with Crippen molar-refractivity contribution in [2.45, 2.75) is 57.3 Å². The molecule has 16 heavy (non-hydrogen) atoms. The number of aliphatic carboxylic acids is 1. The Morgan fingerprint density at radius 3 is 2.75 bits per heavy atom. The van der Waals surface area contributed by atoms with E-state index in [-0.39, 0.29) is 11.6 Å². The smallest absolute Gasteiger partial charge is 0.332 e. The summed E-state index contributed by atoms with van der Waals surface area (Å²) >= 11 is 0. The predicted molar refractivity (Wildman–Crippen MR) is 60.4 cm³/mol.